The lowest BCUT2D eigenvalue weighted by atomic mass is 9.97. The number of anilines is 1. The molecule has 9 nitrogen and oxygen atoms in total. The summed E-state index contributed by atoms with van der Waals surface area (Å²) in [6.07, 6.45) is 3.56. The fourth-order valence-electron chi connectivity index (χ4n) is 2.51. The first kappa shape index (κ1) is 17.4. The van der Waals surface area contributed by atoms with Crippen LogP contribution in [0.3, 0.4) is 0 Å². The van der Waals surface area contributed by atoms with Crippen molar-refractivity contribution in [2.75, 3.05) is 31.8 Å². The van der Waals surface area contributed by atoms with E-state index in [2.05, 4.69) is 15.2 Å². The van der Waals surface area contributed by atoms with Crippen LogP contribution in [0.5, 0.6) is 0 Å². The number of carbonyl (C=O) groups is 2. The molecule has 23 heavy (non-hydrogen) atoms. The number of piperidine rings is 1. The predicted molar refractivity (Wildman–Crippen MR) is 82.3 cm³/mol. The Morgan fingerprint density at radius 2 is 1.96 bits per heavy atom. The first-order valence-electron chi connectivity index (χ1n) is 7.10. The number of rotatable bonds is 4. The summed E-state index contributed by atoms with van der Waals surface area (Å²) in [6.45, 7) is 0.627. The molecule has 0 radical (unpaired) electrons. The lowest BCUT2D eigenvalue weighted by Crippen LogP contribution is -2.41. The molecular weight excluding hydrogens is 324 g/mol. The van der Waals surface area contributed by atoms with Crippen LogP contribution in [-0.2, 0) is 26.6 Å². The standard InChI is InChI=1S/C13H20N4O5S/c1-16-8-10(11(15-16)13(19)22-2)14-12(18)9-4-6-17(7-5-9)23(3,20)21/h8-9H,4-7H2,1-3H3,(H,14,18). The van der Waals surface area contributed by atoms with Crippen molar-refractivity contribution in [2.45, 2.75) is 12.8 Å². The van der Waals surface area contributed by atoms with E-state index in [1.54, 1.807) is 7.05 Å². The Kier molecular flexibility index (Phi) is 5.05. The Balaban J connectivity index is 2.03. The molecular formula is C13H20N4O5S. The minimum atomic E-state index is -3.22. The first-order chi connectivity index (χ1) is 10.7. The van der Waals surface area contributed by atoms with Gasteiger partial charge in [-0.15, -0.1) is 0 Å². The van der Waals surface area contributed by atoms with Gasteiger partial charge in [0.2, 0.25) is 15.9 Å². The van der Waals surface area contributed by atoms with Gasteiger partial charge < -0.3 is 10.1 Å². The summed E-state index contributed by atoms with van der Waals surface area (Å²) in [5.41, 5.74) is 0.326. The molecule has 0 saturated carbocycles. The molecule has 0 aromatic carbocycles. The molecule has 0 unspecified atom stereocenters. The van der Waals surface area contributed by atoms with Crippen LogP contribution in [0.4, 0.5) is 5.69 Å². The van der Waals surface area contributed by atoms with E-state index in [4.69, 9.17) is 0 Å². The van der Waals surface area contributed by atoms with E-state index >= 15 is 0 Å². The number of methoxy groups -OCH3 is 1. The topological polar surface area (TPSA) is 111 Å². The number of carbonyl (C=O) groups excluding carboxylic acids is 2. The third-order valence-electron chi connectivity index (χ3n) is 3.76. The van der Waals surface area contributed by atoms with Gasteiger partial charge in [-0.05, 0) is 12.8 Å². The number of aromatic nitrogens is 2. The van der Waals surface area contributed by atoms with E-state index in [1.807, 2.05) is 0 Å². The molecule has 1 aliphatic rings. The third kappa shape index (κ3) is 4.08. The van der Waals surface area contributed by atoms with Gasteiger partial charge in [-0.3, -0.25) is 9.48 Å². The minimum absolute atomic E-state index is 0.0388. The Labute approximate surface area is 134 Å². The molecule has 1 N–H and O–H groups in total. The van der Waals surface area contributed by atoms with Gasteiger partial charge in [0.1, 0.15) is 0 Å². The van der Waals surface area contributed by atoms with Gasteiger partial charge in [0.25, 0.3) is 0 Å². The maximum absolute atomic E-state index is 12.3. The van der Waals surface area contributed by atoms with Crippen molar-refractivity contribution in [3.8, 4) is 0 Å². The fraction of sp³-hybridized carbons (Fsp3) is 0.615. The number of hydrogen-bond donors (Lipinski definition) is 1. The molecule has 1 saturated heterocycles. The highest BCUT2D eigenvalue weighted by Gasteiger charge is 2.30. The average molecular weight is 344 g/mol. The van der Waals surface area contributed by atoms with Gasteiger partial charge in [-0.25, -0.2) is 17.5 Å². The summed E-state index contributed by atoms with van der Waals surface area (Å²) >= 11 is 0. The Morgan fingerprint density at radius 3 is 2.48 bits per heavy atom. The highest BCUT2D eigenvalue weighted by Crippen LogP contribution is 2.22. The molecule has 2 rings (SSSR count). The number of esters is 1. The SMILES string of the molecule is COC(=O)c1nn(C)cc1NC(=O)C1CCN(S(C)(=O)=O)CC1. The number of aryl methyl sites for hydroxylation is 1. The van der Waals surface area contributed by atoms with Gasteiger partial charge in [-0.1, -0.05) is 0 Å². The molecule has 0 bridgehead atoms. The van der Waals surface area contributed by atoms with E-state index in [0.717, 1.165) is 6.26 Å². The number of hydrogen-bond acceptors (Lipinski definition) is 6. The van der Waals surface area contributed by atoms with Crippen LogP contribution in [0, 0.1) is 5.92 Å². The van der Waals surface area contributed by atoms with Crippen LogP contribution in [0.1, 0.15) is 23.3 Å². The summed E-state index contributed by atoms with van der Waals surface area (Å²) in [5.74, 6) is -1.19. The van der Waals surface area contributed by atoms with Crippen LogP contribution in [0.15, 0.2) is 6.20 Å². The zero-order valence-electron chi connectivity index (χ0n) is 13.3. The monoisotopic (exact) mass is 344 g/mol. The molecule has 128 valence electrons. The zero-order valence-corrected chi connectivity index (χ0v) is 14.1. The molecule has 1 aliphatic heterocycles. The maximum Gasteiger partial charge on any atom is 0.360 e. The molecule has 1 aromatic heterocycles. The lowest BCUT2D eigenvalue weighted by Gasteiger charge is -2.29. The van der Waals surface area contributed by atoms with E-state index in [0.29, 0.717) is 25.9 Å². The minimum Gasteiger partial charge on any atom is -0.464 e. The lowest BCUT2D eigenvalue weighted by molar-refractivity contribution is -0.120. The number of nitrogens with one attached hydrogen (secondary N) is 1. The van der Waals surface area contributed by atoms with Gasteiger partial charge in [0.05, 0.1) is 19.1 Å². The normalized spacial score (nSPS) is 17.0. The van der Waals surface area contributed by atoms with Crippen LogP contribution in [0.2, 0.25) is 0 Å². The van der Waals surface area contributed by atoms with Crippen LogP contribution < -0.4 is 5.32 Å². The van der Waals surface area contributed by atoms with Gasteiger partial charge in [-0.2, -0.15) is 5.10 Å². The van der Waals surface area contributed by atoms with E-state index in [-0.39, 0.29) is 23.2 Å². The molecule has 1 aromatic rings. The van der Waals surface area contributed by atoms with Crippen LogP contribution in [0.25, 0.3) is 0 Å². The number of amides is 1. The summed E-state index contributed by atoms with van der Waals surface area (Å²) in [5, 5.41) is 6.64. The van der Waals surface area contributed by atoms with Crippen molar-refractivity contribution in [2.24, 2.45) is 13.0 Å². The molecule has 2 heterocycles. The quantitative estimate of drug-likeness (QED) is 0.759. The van der Waals surface area contributed by atoms with Crippen molar-refractivity contribution in [1.29, 1.82) is 0 Å². The molecule has 10 heteroatoms. The summed E-state index contributed by atoms with van der Waals surface area (Å²) in [4.78, 5) is 24.0. The summed E-state index contributed by atoms with van der Waals surface area (Å²) in [7, 11) is -0.354. The second-order valence-electron chi connectivity index (χ2n) is 5.48. The molecule has 0 atom stereocenters. The van der Waals surface area contributed by atoms with Gasteiger partial charge >= 0.3 is 5.97 Å². The number of nitrogens with zero attached hydrogens (tertiary/aromatic N) is 3. The van der Waals surface area contributed by atoms with Crippen molar-refractivity contribution in [1.82, 2.24) is 14.1 Å². The molecule has 1 amide bonds. The second kappa shape index (κ2) is 6.67. The first-order valence-corrected chi connectivity index (χ1v) is 8.95. The highest BCUT2D eigenvalue weighted by atomic mass is 32.2. The van der Waals surface area contributed by atoms with Crippen molar-refractivity contribution in [3.63, 3.8) is 0 Å². The van der Waals surface area contributed by atoms with Crippen LogP contribution >= 0.6 is 0 Å². The third-order valence-corrected chi connectivity index (χ3v) is 5.06. The highest BCUT2D eigenvalue weighted by molar-refractivity contribution is 7.88. The van der Waals surface area contributed by atoms with Crippen molar-refractivity contribution < 1.29 is 22.7 Å². The van der Waals surface area contributed by atoms with Crippen molar-refractivity contribution in [3.05, 3.63) is 11.9 Å². The Morgan fingerprint density at radius 1 is 1.35 bits per heavy atom. The number of sulfonamides is 1. The van der Waals surface area contributed by atoms with E-state index in [1.165, 1.54) is 22.3 Å². The van der Waals surface area contributed by atoms with E-state index in [9.17, 15) is 18.0 Å². The second-order valence-corrected chi connectivity index (χ2v) is 7.46. The van der Waals surface area contributed by atoms with Gasteiger partial charge in [0.15, 0.2) is 5.69 Å². The molecule has 0 spiro atoms. The Bertz CT molecular complexity index is 704. The maximum atomic E-state index is 12.3. The molecule has 0 aliphatic carbocycles. The number of ether oxygens (including phenoxy) is 1. The smallest absolute Gasteiger partial charge is 0.360 e. The van der Waals surface area contributed by atoms with Gasteiger partial charge in [0, 0.05) is 32.3 Å². The zero-order chi connectivity index (χ0) is 17.2. The summed E-state index contributed by atoms with van der Waals surface area (Å²) in [6, 6.07) is 0. The van der Waals surface area contributed by atoms with Crippen LogP contribution in [-0.4, -0.2) is 60.8 Å². The Hall–Kier alpha value is -1.94. The average Bonchev–Trinajstić information content (AvgIpc) is 2.86. The predicted octanol–water partition coefficient (Wildman–Crippen LogP) is -0.183. The van der Waals surface area contributed by atoms with E-state index < -0.39 is 16.0 Å². The molecule has 1 fully saturated rings. The fourth-order valence-corrected chi connectivity index (χ4v) is 3.39. The largest absolute Gasteiger partial charge is 0.464 e. The summed E-state index contributed by atoms with van der Waals surface area (Å²) < 4.78 is 30.3. The van der Waals surface area contributed by atoms with Crippen molar-refractivity contribution >= 4 is 27.6 Å².